The third kappa shape index (κ3) is 3.63. The van der Waals surface area contributed by atoms with Gasteiger partial charge in [-0.15, -0.1) is 0 Å². The number of nitrogens with one attached hydrogen (secondary N) is 1. The van der Waals surface area contributed by atoms with Gasteiger partial charge in [0.15, 0.2) is 11.6 Å². The highest BCUT2D eigenvalue weighted by atomic mass is 16.5. The summed E-state index contributed by atoms with van der Waals surface area (Å²) in [5.74, 6) is 1.75. The molecule has 0 amide bonds. The van der Waals surface area contributed by atoms with Gasteiger partial charge in [0.1, 0.15) is 0 Å². The summed E-state index contributed by atoms with van der Waals surface area (Å²) >= 11 is 0. The molecule has 1 atom stereocenters. The fourth-order valence-electron chi connectivity index (χ4n) is 4.56. The maximum Gasteiger partial charge on any atom is 0.162 e. The maximum atomic E-state index is 10.1. The lowest BCUT2D eigenvalue weighted by Gasteiger charge is -2.45. The summed E-state index contributed by atoms with van der Waals surface area (Å²) in [6.45, 7) is 7.79. The van der Waals surface area contributed by atoms with Gasteiger partial charge in [0.2, 0.25) is 0 Å². The highest BCUT2D eigenvalue weighted by molar-refractivity contribution is 5.93. The Balaban J connectivity index is 1.51. The van der Waals surface area contributed by atoms with Crippen molar-refractivity contribution in [3.8, 4) is 11.4 Å². The molecule has 0 aliphatic carbocycles. The van der Waals surface area contributed by atoms with E-state index in [1.807, 2.05) is 32.3 Å². The van der Waals surface area contributed by atoms with Gasteiger partial charge in [-0.05, 0) is 38.8 Å². The van der Waals surface area contributed by atoms with Gasteiger partial charge in [-0.1, -0.05) is 12.1 Å². The minimum Gasteiger partial charge on any atom is -0.390 e. The number of aromatic nitrogens is 3. The number of anilines is 2. The van der Waals surface area contributed by atoms with Gasteiger partial charge in [-0.3, -0.25) is 0 Å². The van der Waals surface area contributed by atoms with E-state index in [4.69, 9.17) is 14.7 Å². The summed E-state index contributed by atoms with van der Waals surface area (Å²) < 4.78 is 5.77. The Morgan fingerprint density at radius 1 is 1.30 bits per heavy atom. The molecule has 0 bridgehead atoms. The maximum absolute atomic E-state index is 10.1. The number of benzene rings is 1. The Bertz CT molecular complexity index is 1040. The minimum atomic E-state index is -0.645. The molecule has 2 N–H and O–H groups in total. The first-order valence-corrected chi connectivity index (χ1v) is 10.7. The van der Waals surface area contributed by atoms with E-state index in [0.717, 1.165) is 72.9 Å². The van der Waals surface area contributed by atoms with Crippen LogP contribution in [0, 0.1) is 0 Å². The van der Waals surface area contributed by atoms with Crippen LogP contribution in [0.1, 0.15) is 26.7 Å². The third-order valence-corrected chi connectivity index (χ3v) is 6.07. The number of nitrogens with zero attached hydrogens (tertiary/aromatic N) is 4. The third-order valence-electron chi connectivity index (χ3n) is 6.07. The Kier molecular flexibility index (Phi) is 4.87. The molecule has 2 aromatic heterocycles. The second-order valence-corrected chi connectivity index (χ2v) is 8.93. The van der Waals surface area contributed by atoms with Crippen molar-refractivity contribution >= 4 is 22.4 Å². The Morgan fingerprint density at radius 3 is 3.07 bits per heavy atom. The van der Waals surface area contributed by atoms with Crippen LogP contribution >= 0.6 is 0 Å². The van der Waals surface area contributed by atoms with E-state index >= 15 is 0 Å². The lowest BCUT2D eigenvalue weighted by molar-refractivity contribution is 0.0689. The smallest absolute Gasteiger partial charge is 0.162 e. The average Bonchev–Trinajstić information content (AvgIpc) is 3.21. The van der Waals surface area contributed by atoms with Crippen LogP contribution < -0.4 is 9.80 Å². The number of hydrogen-bond donors (Lipinski definition) is 2. The van der Waals surface area contributed by atoms with Gasteiger partial charge in [0, 0.05) is 42.3 Å². The summed E-state index contributed by atoms with van der Waals surface area (Å²) in [5.41, 5.74) is 2.56. The molecular formula is C23H29N5O2. The SMILES string of the molecule is CC(C)(O)CCCN1CC2COCCN2c2nc(-c3cccc4[nH]ccc34)ncc21. The highest BCUT2D eigenvalue weighted by Gasteiger charge is 2.34. The van der Waals surface area contributed by atoms with Crippen molar-refractivity contribution in [2.45, 2.75) is 38.3 Å². The molecule has 1 fully saturated rings. The topological polar surface area (TPSA) is 77.5 Å². The number of aromatic amines is 1. The molecule has 3 aromatic rings. The first kappa shape index (κ1) is 19.3. The lowest BCUT2D eigenvalue weighted by atomic mass is 10.0. The molecule has 2 aliphatic heterocycles. The first-order chi connectivity index (χ1) is 14.5. The summed E-state index contributed by atoms with van der Waals surface area (Å²) in [4.78, 5) is 17.8. The number of hydrogen-bond acceptors (Lipinski definition) is 6. The molecular weight excluding hydrogens is 378 g/mol. The van der Waals surface area contributed by atoms with Crippen molar-refractivity contribution < 1.29 is 9.84 Å². The normalized spacial score (nSPS) is 19.1. The van der Waals surface area contributed by atoms with Crippen LogP contribution in [0.5, 0.6) is 0 Å². The van der Waals surface area contributed by atoms with Crippen LogP contribution in [0.25, 0.3) is 22.3 Å². The van der Waals surface area contributed by atoms with Gasteiger partial charge in [-0.25, -0.2) is 9.97 Å². The number of rotatable bonds is 5. The molecule has 1 aromatic carbocycles. The molecule has 5 rings (SSSR count). The molecule has 0 saturated carbocycles. The molecule has 7 nitrogen and oxygen atoms in total. The van der Waals surface area contributed by atoms with E-state index in [9.17, 15) is 5.11 Å². The van der Waals surface area contributed by atoms with Crippen LogP contribution in [0.4, 0.5) is 11.5 Å². The predicted molar refractivity (Wildman–Crippen MR) is 119 cm³/mol. The highest BCUT2D eigenvalue weighted by Crippen LogP contribution is 2.37. The number of fused-ring (bicyclic) bond motifs is 4. The van der Waals surface area contributed by atoms with Gasteiger partial charge in [0.25, 0.3) is 0 Å². The van der Waals surface area contributed by atoms with Crippen LogP contribution in [0.2, 0.25) is 0 Å². The van der Waals surface area contributed by atoms with Crippen molar-refractivity contribution in [2.24, 2.45) is 0 Å². The Labute approximate surface area is 176 Å². The van der Waals surface area contributed by atoms with E-state index in [-0.39, 0.29) is 0 Å². The van der Waals surface area contributed by atoms with Crippen LogP contribution in [0.15, 0.2) is 36.7 Å². The van der Waals surface area contributed by atoms with E-state index in [1.165, 1.54) is 0 Å². The van der Waals surface area contributed by atoms with E-state index in [2.05, 4.69) is 33.0 Å². The van der Waals surface area contributed by atoms with Crippen molar-refractivity contribution in [1.29, 1.82) is 0 Å². The first-order valence-electron chi connectivity index (χ1n) is 10.7. The van der Waals surface area contributed by atoms with Crippen LogP contribution in [-0.2, 0) is 4.74 Å². The summed E-state index contributed by atoms with van der Waals surface area (Å²) in [7, 11) is 0. The number of H-pyrrole nitrogens is 1. The molecule has 0 radical (unpaired) electrons. The molecule has 1 saturated heterocycles. The quantitative estimate of drug-likeness (QED) is 0.676. The molecule has 158 valence electrons. The summed E-state index contributed by atoms with van der Waals surface area (Å²) in [5, 5.41) is 11.2. The zero-order valence-electron chi connectivity index (χ0n) is 17.6. The number of aliphatic hydroxyl groups is 1. The van der Waals surface area contributed by atoms with E-state index in [1.54, 1.807) is 0 Å². The average molecular weight is 408 g/mol. The zero-order chi connectivity index (χ0) is 20.7. The zero-order valence-corrected chi connectivity index (χ0v) is 17.6. The van der Waals surface area contributed by atoms with Crippen LogP contribution in [0.3, 0.4) is 0 Å². The summed E-state index contributed by atoms with van der Waals surface area (Å²) in [6, 6.07) is 8.56. The van der Waals surface area contributed by atoms with Crippen molar-refractivity contribution in [1.82, 2.24) is 15.0 Å². The van der Waals surface area contributed by atoms with Crippen molar-refractivity contribution in [3.05, 3.63) is 36.7 Å². The molecule has 4 heterocycles. The van der Waals surface area contributed by atoms with Gasteiger partial charge < -0.3 is 24.6 Å². The number of morpholine rings is 1. The van der Waals surface area contributed by atoms with E-state index < -0.39 is 5.60 Å². The Hall–Kier alpha value is -2.64. The molecule has 2 aliphatic rings. The Morgan fingerprint density at radius 2 is 2.20 bits per heavy atom. The molecule has 7 heteroatoms. The van der Waals surface area contributed by atoms with Gasteiger partial charge in [0.05, 0.1) is 36.7 Å². The van der Waals surface area contributed by atoms with Crippen molar-refractivity contribution in [3.63, 3.8) is 0 Å². The second kappa shape index (κ2) is 7.56. The van der Waals surface area contributed by atoms with E-state index in [0.29, 0.717) is 12.6 Å². The van der Waals surface area contributed by atoms with Gasteiger partial charge in [-0.2, -0.15) is 0 Å². The van der Waals surface area contributed by atoms with Gasteiger partial charge >= 0.3 is 0 Å². The molecule has 1 unspecified atom stereocenters. The molecule has 0 spiro atoms. The van der Waals surface area contributed by atoms with Crippen molar-refractivity contribution in [2.75, 3.05) is 42.6 Å². The largest absolute Gasteiger partial charge is 0.390 e. The minimum absolute atomic E-state index is 0.291. The summed E-state index contributed by atoms with van der Waals surface area (Å²) in [6.07, 6.45) is 5.60. The predicted octanol–water partition coefficient (Wildman–Crippen LogP) is 3.20. The monoisotopic (exact) mass is 407 g/mol. The lowest BCUT2D eigenvalue weighted by Crippen LogP contribution is -2.55. The number of ether oxygens (including phenoxy) is 1. The fourth-order valence-corrected chi connectivity index (χ4v) is 4.56. The fraction of sp³-hybridized carbons (Fsp3) is 0.478. The standard InChI is InChI=1S/C23H29N5O2/c1-23(2,29)8-4-10-27-14-16-15-30-12-11-28(16)22-20(27)13-25-21(26-22)18-5-3-6-19-17(18)7-9-24-19/h3,5-7,9,13,16,24,29H,4,8,10-12,14-15H2,1-2H3. The molecule has 30 heavy (non-hydrogen) atoms. The second-order valence-electron chi connectivity index (χ2n) is 8.93. The van der Waals surface area contributed by atoms with Crippen LogP contribution in [-0.4, -0.2) is 64.5 Å².